The van der Waals surface area contributed by atoms with Gasteiger partial charge in [-0.25, -0.2) is 4.79 Å². The lowest BCUT2D eigenvalue weighted by molar-refractivity contribution is 0.143. The fourth-order valence-electron chi connectivity index (χ4n) is 2.46. The highest BCUT2D eigenvalue weighted by Crippen LogP contribution is 2.19. The molecule has 0 atom stereocenters. The van der Waals surface area contributed by atoms with E-state index in [1.807, 2.05) is 29.2 Å². The molecule has 104 valence electrons. The van der Waals surface area contributed by atoms with Gasteiger partial charge in [0.1, 0.15) is 0 Å². The Morgan fingerprint density at radius 3 is 2.68 bits per heavy atom. The van der Waals surface area contributed by atoms with E-state index in [1.54, 1.807) is 0 Å². The molecule has 0 aromatic heterocycles. The van der Waals surface area contributed by atoms with Crippen molar-refractivity contribution in [2.45, 2.75) is 26.2 Å². The zero-order valence-corrected chi connectivity index (χ0v) is 11.4. The number of nitrogens with one attached hydrogen (secondary N) is 1. The predicted molar refractivity (Wildman–Crippen MR) is 76.2 cm³/mol. The summed E-state index contributed by atoms with van der Waals surface area (Å²) < 4.78 is 0. The highest BCUT2D eigenvalue weighted by atomic mass is 16.3. The lowest BCUT2D eigenvalue weighted by Gasteiger charge is -2.31. The number of aliphatic hydroxyl groups is 1. The monoisotopic (exact) mass is 262 g/mol. The Kier molecular flexibility index (Phi) is 4.80. The molecule has 0 saturated carbocycles. The zero-order valence-electron chi connectivity index (χ0n) is 11.4. The average molecular weight is 262 g/mol. The van der Waals surface area contributed by atoms with Gasteiger partial charge in [0, 0.05) is 25.4 Å². The average Bonchev–Trinajstić information content (AvgIpc) is 2.48. The van der Waals surface area contributed by atoms with Crippen molar-refractivity contribution in [1.82, 2.24) is 4.90 Å². The second-order valence-electron chi connectivity index (χ2n) is 5.05. The van der Waals surface area contributed by atoms with Gasteiger partial charge in [-0.3, -0.25) is 0 Å². The summed E-state index contributed by atoms with van der Waals surface area (Å²) in [5.41, 5.74) is 2.06. The summed E-state index contributed by atoms with van der Waals surface area (Å²) in [6.07, 6.45) is 2.68. The van der Waals surface area contributed by atoms with Crippen molar-refractivity contribution in [3.05, 3.63) is 29.8 Å². The Labute approximate surface area is 114 Å². The minimum absolute atomic E-state index is 0.0303. The van der Waals surface area contributed by atoms with Crippen molar-refractivity contribution in [2.75, 3.05) is 25.0 Å². The third-order valence-corrected chi connectivity index (χ3v) is 3.80. The summed E-state index contributed by atoms with van der Waals surface area (Å²) >= 11 is 0. The van der Waals surface area contributed by atoms with Crippen LogP contribution in [0.2, 0.25) is 0 Å². The second-order valence-corrected chi connectivity index (χ2v) is 5.05. The number of benzene rings is 1. The standard InChI is InChI=1S/C15H22N2O2/c1-2-13-5-3-4-6-14(13)16-15(19)17-9-7-12(11-18)8-10-17/h3-6,12,18H,2,7-11H2,1H3,(H,16,19). The third kappa shape index (κ3) is 3.47. The fraction of sp³-hybridized carbons (Fsp3) is 0.533. The van der Waals surface area contributed by atoms with Crippen molar-refractivity contribution >= 4 is 11.7 Å². The molecule has 1 heterocycles. The van der Waals surface area contributed by atoms with Gasteiger partial charge >= 0.3 is 6.03 Å². The largest absolute Gasteiger partial charge is 0.396 e. The van der Waals surface area contributed by atoms with E-state index in [9.17, 15) is 4.79 Å². The van der Waals surface area contributed by atoms with Crippen molar-refractivity contribution < 1.29 is 9.90 Å². The first-order valence-electron chi connectivity index (χ1n) is 6.99. The summed E-state index contributed by atoms with van der Waals surface area (Å²) in [7, 11) is 0. The molecule has 19 heavy (non-hydrogen) atoms. The number of likely N-dealkylation sites (tertiary alicyclic amines) is 1. The Balaban J connectivity index is 1.94. The van der Waals surface area contributed by atoms with E-state index in [-0.39, 0.29) is 12.6 Å². The first-order chi connectivity index (χ1) is 9.24. The molecule has 0 spiro atoms. The number of aryl methyl sites for hydroxylation is 1. The fourth-order valence-corrected chi connectivity index (χ4v) is 2.46. The molecule has 0 unspecified atom stereocenters. The van der Waals surface area contributed by atoms with E-state index in [1.165, 1.54) is 0 Å². The van der Waals surface area contributed by atoms with Gasteiger partial charge in [-0.1, -0.05) is 25.1 Å². The van der Waals surface area contributed by atoms with E-state index in [0.717, 1.165) is 43.6 Å². The highest BCUT2D eigenvalue weighted by molar-refractivity contribution is 5.90. The van der Waals surface area contributed by atoms with E-state index in [4.69, 9.17) is 5.11 Å². The maximum absolute atomic E-state index is 12.2. The van der Waals surface area contributed by atoms with Crippen LogP contribution in [0.15, 0.2) is 24.3 Å². The molecule has 0 bridgehead atoms. The van der Waals surface area contributed by atoms with E-state index in [0.29, 0.717) is 5.92 Å². The van der Waals surface area contributed by atoms with Crippen LogP contribution in [0.3, 0.4) is 0 Å². The smallest absolute Gasteiger partial charge is 0.321 e. The summed E-state index contributed by atoms with van der Waals surface area (Å²) in [6.45, 7) is 3.77. The lowest BCUT2D eigenvalue weighted by atomic mass is 9.98. The number of para-hydroxylation sites is 1. The van der Waals surface area contributed by atoms with Crippen LogP contribution < -0.4 is 5.32 Å². The zero-order chi connectivity index (χ0) is 13.7. The van der Waals surface area contributed by atoms with Gasteiger partial charge in [-0.15, -0.1) is 0 Å². The minimum Gasteiger partial charge on any atom is -0.396 e. The summed E-state index contributed by atoms with van der Waals surface area (Å²) in [5.74, 6) is 0.354. The van der Waals surface area contributed by atoms with Gasteiger partial charge in [0.25, 0.3) is 0 Å². The number of piperidine rings is 1. The molecule has 2 N–H and O–H groups in total. The molecule has 0 radical (unpaired) electrons. The topological polar surface area (TPSA) is 52.6 Å². The van der Waals surface area contributed by atoms with Crippen LogP contribution in [-0.4, -0.2) is 35.7 Å². The Morgan fingerprint density at radius 2 is 2.05 bits per heavy atom. The maximum atomic E-state index is 12.2. The van der Waals surface area contributed by atoms with Gasteiger partial charge in [0.05, 0.1) is 0 Å². The summed E-state index contributed by atoms with van der Waals surface area (Å²) in [5, 5.41) is 12.1. The van der Waals surface area contributed by atoms with Crippen LogP contribution in [0.1, 0.15) is 25.3 Å². The molecule has 1 fully saturated rings. The Bertz CT molecular complexity index is 426. The van der Waals surface area contributed by atoms with Crippen molar-refractivity contribution in [1.29, 1.82) is 0 Å². The summed E-state index contributed by atoms with van der Waals surface area (Å²) in [6, 6.07) is 7.87. The Morgan fingerprint density at radius 1 is 1.37 bits per heavy atom. The van der Waals surface area contributed by atoms with E-state index < -0.39 is 0 Å². The molecule has 1 aliphatic rings. The number of amides is 2. The van der Waals surface area contributed by atoms with Gasteiger partial charge < -0.3 is 15.3 Å². The molecule has 4 nitrogen and oxygen atoms in total. The number of aliphatic hydroxyl groups excluding tert-OH is 1. The molecule has 1 saturated heterocycles. The summed E-state index contributed by atoms with van der Waals surface area (Å²) in [4.78, 5) is 14.0. The van der Waals surface area contributed by atoms with Gasteiger partial charge in [-0.2, -0.15) is 0 Å². The number of nitrogens with zero attached hydrogens (tertiary/aromatic N) is 1. The number of hydrogen-bond donors (Lipinski definition) is 2. The van der Waals surface area contributed by atoms with Crippen LogP contribution in [0.25, 0.3) is 0 Å². The molecule has 1 aliphatic heterocycles. The SMILES string of the molecule is CCc1ccccc1NC(=O)N1CCC(CO)CC1. The van der Waals surface area contributed by atoms with E-state index in [2.05, 4.69) is 12.2 Å². The maximum Gasteiger partial charge on any atom is 0.321 e. The van der Waals surface area contributed by atoms with Crippen LogP contribution >= 0.6 is 0 Å². The third-order valence-electron chi connectivity index (χ3n) is 3.80. The minimum atomic E-state index is -0.0303. The van der Waals surface area contributed by atoms with Gasteiger partial charge in [0.2, 0.25) is 0 Å². The van der Waals surface area contributed by atoms with Gasteiger partial charge in [-0.05, 0) is 36.8 Å². The Hall–Kier alpha value is -1.55. The van der Waals surface area contributed by atoms with Crippen molar-refractivity contribution in [3.8, 4) is 0 Å². The molecule has 1 aromatic carbocycles. The number of carbonyl (C=O) groups excluding carboxylic acids is 1. The van der Waals surface area contributed by atoms with Crippen LogP contribution in [0.5, 0.6) is 0 Å². The number of rotatable bonds is 3. The molecular weight excluding hydrogens is 240 g/mol. The number of hydrogen-bond acceptors (Lipinski definition) is 2. The van der Waals surface area contributed by atoms with Crippen LogP contribution in [-0.2, 0) is 6.42 Å². The molecule has 0 aliphatic carbocycles. The number of urea groups is 1. The van der Waals surface area contributed by atoms with Crippen molar-refractivity contribution in [2.24, 2.45) is 5.92 Å². The highest BCUT2D eigenvalue weighted by Gasteiger charge is 2.22. The van der Waals surface area contributed by atoms with Crippen molar-refractivity contribution in [3.63, 3.8) is 0 Å². The quantitative estimate of drug-likeness (QED) is 0.879. The molecule has 1 aromatic rings. The normalized spacial score (nSPS) is 16.4. The van der Waals surface area contributed by atoms with Gasteiger partial charge in [0.15, 0.2) is 0 Å². The first-order valence-corrected chi connectivity index (χ1v) is 6.99. The van der Waals surface area contributed by atoms with Crippen LogP contribution in [0.4, 0.5) is 10.5 Å². The molecule has 2 amide bonds. The predicted octanol–water partition coefficient (Wildman–Crippen LogP) is 2.49. The second kappa shape index (κ2) is 6.57. The number of anilines is 1. The van der Waals surface area contributed by atoms with E-state index >= 15 is 0 Å². The number of carbonyl (C=O) groups is 1. The molecular formula is C15H22N2O2. The first kappa shape index (κ1) is 13.9. The lowest BCUT2D eigenvalue weighted by Crippen LogP contribution is -2.41. The molecule has 4 heteroatoms. The van der Waals surface area contributed by atoms with Crippen LogP contribution in [0, 0.1) is 5.92 Å². The molecule has 2 rings (SSSR count).